The first-order chi connectivity index (χ1) is 11.9. The topological polar surface area (TPSA) is 55.4 Å². The van der Waals surface area contributed by atoms with Crippen LogP contribution in [0, 0.1) is 0 Å². The SMILES string of the molecule is C[SiH](O[Si](C)(C)O[Si](C)(C)C)O[Si](C)(C)O[Si](C)(C)O[Si](C)(C)O[Si](C)(C)C. The van der Waals surface area contributed by atoms with E-state index in [-0.39, 0.29) is 0 Å². The summed E-state index contributed by atoms with van der Waals surface area (Å²) in [6, 6.07) is 0. The first kappa shape index (κ1) is 29.3. The van der Waals surface area contributed by atoms with Crippen LogP contribution < -0.4 is 0 Å². The van der Waals surface area contributed by atoms with Crippen molar-refractivity contribution in [2.45, 2.75) is 98.2 Å². The summed E-state index contributed by atoms with van der Waals surface area (Å²) in [7, 11) is -14.4. The second-order valence-electron chi connectivity index (χ2n) is 11.0. The molecule has 0 heterocycles. The lowest BCUT2D eigenvalue weighted by atomic mass is 11.8. The maximum atomic E-state index is 6.50. The maximum Gasteiger partial charge on any atom is 0.314 e. The lowest BCUT2D eigenvalue weighted by molar-refractivity contribution is 0.283. The van der Waals surface area contributed by atoms with Crippen LogP contribution in [0.15, 0.2) is 0 Å². The molecule has 0 fully saturated rings. The molecule has 0 aliphatic heterocycles. The Morgan fingerprint density at radius 1 is 0.393 bits per heavy atom. The molecule has 0 amide bonds. The van der Waals surface area contributed by atoms with E-state index in [9.17, 15) is 0 Å². The molecule has 0 radical (unpaired) electrons. The predicted octanol–water partition coefficient (Wildman–Crippen LogP) is 5.41. The van der Waals surface area contributed by atoms with Crippen LogP contribution in [0.2, 0.25) is 98.2 Å². The summed E-state index contributed by atoms with van der Waals surface area (Å²) < 4.78 is 38.3. The third-order valence-corrected chi connectivity index (χ3v) is 26.9. The Morgan fingerprint density at radius 3 is 1.00 bits per heavy atom. The average molecular weight is 519 g/mol. The Morgan fingerprint density at radius 2 is 0.643 bits per heavy atom. The van der Waals surface area contributed by atoms with Crippen molar-refractivity contribution in [1.82, 2.24) is 0 Å². The smallest absolute Gasteiger partial charge is 0.314 e. The fraction of sp³-hybridized carbons (Fsp3) is 1.00. The minimum Gasteiger partial charge on any atom is -0.437 e. The van der Waals surface area contributed by atoms with Gasteiger partial charge in [0.05, 0.1) is 0 Å². The fourth-order valence-corrected chi connectivity index (χ4v) is 34.2. The van der Waals surface area contributed by atoms with E-state index in [2.05, 4.69) is 98.2 Å². The van der Waals surface area contributed by atoms with Crippen LogP contribution in [-0.2, 0) is 24.7 Å². The highest BCUT2D eigenvalue weighted by atomic mass is 28.5. The Balaban J connectivity index is 4.93. The van der Waals surface area contributed by atoms with Crippen LogP contribution in [0.4, 0.5) is 0 Å². The molecule has 28 heavy (non-hydrogen) atoms. The second kappa shape index (κ2) is 9.82. The molecule has 0 aliphatic rings. The number of hydrogen-bond acceptors (Lipinski definition) is 6. The highest BCUT2D eigenvalue weighted by Crippen LogP contribution is 2.25. The van der Waals surface area contributed by atoms with Gasteiger partial charge < -0.3 is 24.7 Å². The van der Waals surface area contributed by atoms with Crippen molar-refractivity contribution in [2.24, 2.45) is 0 Å². The fourth-order valence-electron chi connectivity index (χ4n) is 3.57. The van der Waals surface area contributed by atoms with E-state index in [0.29, 0.717) is 0 Å². The Hall–Kier alpha value is 1.28. The molecule has 1 atom stereocenters. The molecule has 0 spiro atoms. The summed E-state index contributed by atoms with van der Waals surface area (Å²) in [5.74, 6) is 0. The largest absolute Gasteiger partial charge is 0.437 e. The Labute approximate surface area is 182 Å². The molecule has 0 bridgehead atoms. The molecular weight excluding hydrogens is 473 g/mol. The molecule has 0 aliphatic carbocycles. The summed E-state index contributed by atoms with van der Waals surface area (Å²) in [5.41, 5.74) is 0. The normalized spacial score (nSPS) is 16.4. The zero-order chi connectivity index (χ0) is 22.8. The highest BCUT2D eigenvalue weighted by Gasteiger charge is 2.44. The summed E-state index contributed by atoms with van der Waals surface area (Å²) in [6.45, 7) is 32.0. The first-order valence-electron chi connectivity index (χ1n) is 10.1. The summed E-state index contributed by atoms with van der Waals surface area (Å²) in [6.07, 6.45) is 0. The molecule has 0 aromatic carbocycles. The van der Waals surface area contributed by atoms with Gasteiger partial charge in [-0.3, -0.25) is 0 Å². The Bertz CT molecular complexity index is 500. The molecule has 0 saturated heterocycles. The lowest BCUT2D eigenvalue weighted by Crippen LogP contribution is -2.58. The van der Waals surface area contributed by atoms with Crippen molar-refractivity contribution in [1.29, 1.82) is 0 Å². The van der Waals surface area contributed by atoms with Gasteiger partial charge in [0.15, 0.2) is 16.6 Å². The third-order valence-electron chi connectivity index (χ3n) is 2.99. The van der Waals surface area contributed by atoms with Gasteiger partial charge in [-0.15, -0.1) is 0 Å². The van der Waals surface area contributed by atoms with Gasteiger partial charge in [0, 0.05) is 0 Å². The van der Waals surface area contributed by atoms with Crippen LogP contribution >= 0.6 is 0 Å². The number of rotatable bonds is 12. The van der Waals surface area contributed by atoms with Crippen LogP contribution in [0.5, 0.6) is 0 Å². The van der Waals surface area contributed by atoms with Crippen molar-refractivity contribution < 1.29 is 24.7 Å². The van der Waals surface area contributed by atoms with E-state index >= 15 is 0 Å². The standard InChI is InChI=1S/C15H46O6Si7/c1-22(16-25(8,9)18-23(2,3)4)17-26(10,11)20-28(14,15)21-27(12,13)19-24(5,6)7/h22H,1-15H3. The second-order valence-corrected chi connectivity index (χ2v) is 37.0. The van der Waals surface area contributed by atoms with Gasteiger partial charge in [0.2, 0.25) is 0 Å². The van der Waals surface area contributed by atoms with E-state index in [1.165, 1.54) is 0 Å². The van der Waals surface area contributed by atoms with Gasteiger partial charge in [-0.25, -0.2) is 0 Å². The molecule has 0 saturated carbocycles. The van der Waals surface area contributed by atoms with Crippen molar-refractivity contribution in [2.75, 3.05) is 0 Å². The van der Waals surface area contributed by atoms with Crippen molar-refractivity contribution in [3.63, 3.8) is 0 Å². The summed E-state index contributed by atoms with van der Waals surface area (Å²) in [5, 5.41) is 0. The van der Waals surface area contributed by atoms with Crippen LogP contribution in [0.1, 0.15) is 0 Å². The zero-order valence-electron chi connectivity index (χ0n) is 21.0. The molecule has 0 aromatic heterocycles. The van der Waals surface area contributed by atoms with Crippen molar-refractivity contribution in [3.05, 3.63) is 0 Å². The molecular formula is C15H46O6Si7. The molecule has 0 aromatic rings. The van der Waals surface area contributed by atoms with Crippen molar-refractivity contribution in [3.8, 4) is 0 Å². The summed E-state index contributed by atoms with van der Waals surface area (Å²) >= 11 is 0. The lowest BCUT2D eigenvalue weighted by Gasteiger charge is -2.41. The zero-order valence-corrected chi connectivity index (χ0v) is 28.2. The van der Waals surface area contributed by atoms with Crippen LogP contribution in [0.3, 0.4) is 0 Å². The van der Waals surface area contributed by atoms with E-state index in [1.807, 2.05) is 0 Å². The molecule has 1 unspecified atom stereocenters. The molecule has 0 N–H and O–H groups in total. The van der Waals surface area contributed by atoms with E-state index < -0.39 is 60.2 Å². The summed E-state index contributed by atoms with van der Waals surface area (Å²) in [4.78, 5) is 0. The minimum absolute atomic E-state index is 1.64. The highest BCUT2D eigenvalue weighted by molar-refractivity contribution is 6.89. The maximum absolute atomic E-state index is 6.50. The van der Waals surface area contributed by atoms with Crippen molar-refractivity contribution >= 4 is 60.2 Å². The quantitative estimate of drug-likeness (QED) is 0.322. The monoisotopic (exact) mass is 518 g/mol. The minimum atomic E-state index is -2.39. The molecule has 0 rings (SSSR count). The average Bonchev–Trinajstić information content (AvgIpc) is 2.12. The van der Waals surface area contributed by atoms with Gasteiger partial charge in [-0.05, 0) is 98.2 Å². The van der Waals surface area contributed by atoms with E-state index in [1.54, 1.807) is 0 Å². The number of hydrogen-bond donors (Lipinski definition) is 0. The molecule has 170 valence electrons. The molecule has 13 heteroatoms. The third kappa shape index (κ3) is 15.1. The van der Waals surface area contributed by atoms with Gasteiger partial charge in [0.1, 0.15) is 0 Å². The van der Waals surface area contributed by atoms with Gasteiger partial charge in [0.25, 0.3) is 0 Å². The first-order valence-corrected chi connectivity index (χ1v) is 30.3. The molecule has 6 nitrogen and oxygen atoms in total. The van der Waals surface area contributed by atoms with Gasteiger partial charge in [-0.1, -0.05) is 0 Å². The van der Waals surface area contributed by atoms with Crippen LogP contribution in [-0.4, -0.2) is 60.2 Å². The van der Waals surface area contributed by atoms with Crippen LogP contribution in [0.25, 0.3) is 0 Å². The van der Waals surface area contributed by atoms with Gasteiger partial charge in [-0.2, -0.15) is 0 Å². The van der Waals surface area contributed by atoms with E-state index in [4.69, 9.17) is 24.7 Å². The Kier molecular flexibility index (Phi) is 10.3. The van der Waals surface area contributed by atoms with E-state index in [0.717, 1.165) is 0 Å². The predicted molar refractivity (Wildman–Crippen MR) is 136 cm³/mol. The van der Waals surface area contributed by atoms with Gasteiger partial charge >= 0.3 is 43.5 Å².